The largest absolute Gasteiger partial charge is 0.493 e. The van der Waals surface area contributed by atoms with Crippen molar-refractivity contribution in [2.75, 3.05) is 20.3 Å². The van der Waals surface area contributed by atoms with Crippen molar-refractivity contribution in [1.82, 2.24) is 5.32 Å². The Bertz CT molecular complexity index is 831. The van der Waals surface area contributed by atoms with Gasteiger partial charge in [0.05, 0.1) is 13.7 Å². The van der Waals surface area contributed by atoms with Crippen LogP contribution in [0.15, 0.2) is 42.5 Å². The van der Waals surface area contributed by atoms with Crippen LogP contribution in [0.2, 0.25) is 0 Å². The van der Waals surface area contributed by atoms with Crippen LogP contribution in [0.5, 0.6) is 11.5 Å². The number of carbonyl (C=O) groups excluding carboxylic acids is 2. The molecular weight excluding hydrogens is 354 g/mol. The molecule has 0 fully saturated rings. The van der Waals surface area contributed by atoms with Crippen molar-refractivity contribution in [2.24, 2.45) is 0 Å². The highest BCUT2D eigenvalue weighted by molar-refractivity contribution is 5.98. The van der Waals surface area contributed by atoms with E-state index in [2.05, 4.69) is 11.4 Å². The molecule has 0 saturated heterocycles. The van der Waals surface area contributed by atoms with Crippen LogP contribution < -0.4 is 14.8 Å². The number of hydrogen-bond acceptors (Lipinski definition) is 4. The van der Waals surface area contributed by atoms with E-state index < -0.39 is 0 Å². The lowest BCUT2D eigenvalue weighted by atomic mass is 9.89. The number of aryl methyl sites for hydroxylation is 2. The van der Waals surface area contributed by atoms with Gasteiger partial charge in [-0.25, -0.2) is 0 Å². The Morgan fingerprint density at radius 1 is 0.964 bits per heavy atom. The van der Waals surface area contributed by atoms with E-state index in [9.17, 15) is 9.59 Å². The maximum Gasteiger partial charge on any atom is 0.220 e. The zero-order valence-electron chi connectivity index (χ0n) is 16.3. The summed E-state index contributed by atoms with van der Waals surface area (Å²) in [5.41, 5.74) is 3.36. The molecule has 2 aromatic carbocycles. The number of hydrogen-bond donors (Lipinski definition) is 1. The number of Topliss-reactive ketones (excluding diaryl/α,β-unsaturated/α-hetero) is 1. The molecule has 1 aliphatic rings. The summed E-state index contributed by atoms with van der Waals surface area (Å²) in [5.74, 6) is 1.18. The number of nitrogens with one attached hydrogen (secondary N) is 1. The fourth-order valence-corrected chi connectivity index (χ4v) is 3.46. The van der Waals surface area contributed by atoms with Gasteiger partial charge in [-0.1, -0.05) is 24.3 Å². The summed E-state index contributed by atoms with van der Waals surface area (Å²) >= 11 is 0. The van der Waals surface area contributed by atoms with Crippen LogP contribution in [-0.2, 0) is 17.6 Å². The average molecular weight is 381 g/mol. The molecule has 1 amide bonds. The molecule has 148 valence electrons. The van der Waals surface area contributed by atoms with Gasteiger partial charge in [0.1, 0.15) is 6.61 Å². The number of benzene rings is 2. The number of para-hydroxylation sites is 2. The lowest BCUT2D eigenvalue weighted by Crippen LogP contribution is -2.28. The molecule has 0 aliphatic heterocycles. The van der Waals surface area contributed by atoms with E-state index in [0.29, 0.717) is 30.2 Å². The molecule has 28 heavy (non-hydrogen) atoms. The molecule has 3 rings (SSSR count). The van der Waals surface area contributed by atoms with E-state index in [4.69, 9.17) is 9.47 Å². The highest BCUT2D eigenvalue weighted by atomic mass is 16.5. The Morgan fingerprint density at radius 3 is 2.50 bits per heavy atom. The molecule has 1 N–H and O–H groups in total. The molecule has 0 aromatic heterocycles. The number of ketones is 1. The Morgan fingerprint density at radius 2 is 1.71 bits per heavy atom. The van der Waals surface area contributed by atoms with Gasteiger partial charge in [0.15, 0.2) is 17.3 Å². The molecule has 0 saturated carbocycles. The van der Waals surface area contributed by atoms with Crippen LogP contribution in [0.3, 0.4) is 0 Å². The smallest absolute Gasteiger partial charge is 0.220 e. The van der Waals surface area contributed by atoms with E-state index >= 15 is 0 Å². The minimum atomic E-state index is -0.144. The van der Waals surface area contributed by atoms with Crippen molar-refractivity contribution in [1.29, 1.82) is 0 Å². The normalized spacial score (nSPS) is 12.8. The van der Waals surface area contributed by atoms with Crippen molar-refractivity contribution in [3.8, 4) is 11.5 Å². The Balaban J connectivity index is 1.39. The maximum absolute atomic E-state index is 12.4. The summed E-state index contributed by atoms with van der Waals surface area (Å²) in [6, 6.07) is 13.3. The first-order chi connectivity index (χ1) is 13.7. The van der Waals surface area contributed by atoms with Crippen molar-refractivity contribution < 1.29 is 19.1 Å². The number of amides is 1. The van der Waals surface area contributed by atoms with Crippen LogP contribution in [0, 0.1) is 0 Å². The van der Waals surface area contributed by atoms with E-state index in [1.54, 1.807) is 7.11 Å². The van der Waals surface area contributed by atoms with Crippen LogP contribution >= 0.6 is 0 Å². The first kappa shape index (κ1) is 19.9. The summed E-state index contributed by atoms with van der Waals surface area (Å²) in [5, 5.41) is 2.79. The highest BCUT2D eigenvalue weighted by Gasteiger charge is 2.14. The zero-order valence-corrected chi connectivity index (χ0v) is 16.3. The molecule has 2 aromatic rings. The van der Waals surface area contributed by atoms with Gasteiger partial charge < -0.3 is 14.8 Å². The first-order valence-electron chi connectivity index (χ1n) is 9.85. The second kappa shape index (κ2) is 9.93. The SMILES string of the molecule is COc1ccccc1OCCNC(=O)CCC(=O)c1ccc2c(c1)CCCC2. The average Bonchev–Trinajstić information content (AvgIpc) is 2.75. The maximum atomic E-state index is 12.4. The van der Waals surface area contributed by atoms with Crippen molar-refractivity contribution >= 4 is 11.7 Å². The fraction of sp³-hybridized carbons (Fsp3) is 0.391. The van der Waals surface area contributed by atoms with Crippen LogP contribution in [0.4, 0.5) is 0 Å². The first-order valence-corrected chi connectivity index (χ1v) is 9.85. The molecule has 0 atom stereocenters. The zero-order chi connectivity index (χ0) is 19.8. The molecule has 0 heterocycles. The molecular formula is C23H27NO4. The molecule has 1 aliphatic carbocycles. The van der Waals surface area contributed by atoms with E-state index in [1.807, 2.05) is 36.4 Å². The number of methoxy groups -OCH3 is 1. The number of carbonyl (C=O) groups is 2. The number of fused-ring (bicyclic) bond motifs is 1. The summed E-state index contributed by atoms with van der Waals surface area (Å²) in [4.78, 5) is 24.4. The van der Waals surface area contributed by atoms with Gasteiger partial charge in [0.2, 0.25) is 5.91 Å². The summed E-state index contributed by atoms with van der Waals surface area (Å²) in [6.07, 6.45) is 4.96. The minimum absolute atomic E-state index is 0.0220. The van der Waals surface area contributed by atoms with Crippen LogP contribution in [-0.4, -0.2) is 32.0 Å². The van der Waals surface area contributed by atoms with E-state index in [0.717, 1.165) is 12.8 Å². The molecule has 0 spiro atoms. The van der Waals surface area contributed by atoms with Crippen LogP contribution in [0.1, 0.15) is 47.2 Å². The standard InChI is InChI=1S/C23H27NO4/c1-27-21-8-4-5-9-22(21)28-15-14-24-23(26)13-12-20(25)19-11-10-17-6-2-3-7-18(17)16-19/h4-5,8-11,16H,2-3,6-7,12-15H2,1H3,(H,24,26). The lowest BCUT2D eigenvalue weighted by molar-refractivity contribution is -0.121. The van der Waals surface area contributed by atoms with E-state index in [-0.39, 0.29) is 24.5 Å². The van der Waals surface area contributed by atoms with Crippen molar-refractivity contribution in [3.05, 3.63) is 59.2 Å². The monoisotopic (exact) mass is 381 g/mol. The number of ether oxygens (including phenoxy) is 2. The third kappa shape index (κ3) is 5.35. The quantitative estimate of drug-likeness (QED) is 0.531. The third-order valence-corrected chi connectivity index (χ3v) is 5.00. The Hall–Kier alpha value is -2.82. The summed E-state index contributed by atoms with van der Waals surface area (Å²) in [7, 11) is 1.59. The number of rotatable bonds is 9. The van der Waals surface area contributed by atoms with Crippen molar-refractivity contribution in [2.45, 2.75) is 38.5 Å². The molecule has 0 bridgehead atoms. The highest BCUT2D eigenvalue weighted by Crippen LogP contribution is 2.25. The van der Waals surface area contributed by atoms with Gasteiger partial charge in [-0.2, -0.15) is 0 Å². The van der Waals surface area contributed by atoms with Gasteiger partial charge in [-0.3, -0.25) is 9.59 Å². The molecule has 5 nitrogen and oxygen atoms in total. The minimum Gasteiger partial charge on any atom is -0.493 e. The molecule has 0 radical (unpaired) electrons. The molecule has 5 heteroatoms. The van der Waals surface area contributed by atoms with Gasteiger partial charge in [-0.05, 0) is 55.0 Å². The summed E-state index contributed by atoms with van der Waals surface area (Å²) in [6.45, 7) is 0.717. The predicted octanol–water partition coefficient (Wildman–Crippen LogP) is 3.73. The third-order valence-electron chi connectivity index (χ3n) is 5.00. The summed E-state index contributed by atoms with van der Waals surface area (Å²) < 4.78 is 10.8. The Labute approximate surface area is 166 Å². The van der Waals surface area contributed by atoms with Gasteiger partial charge >= 0.3 is 0 Å². The van der Waals surface area contributed by atoms with Crippen LogP contribution in [0.25, 0.3) is 0 Å². The topological polar surface area (TPSA) is 64.6 Å². The van der Waals surface area contributed by atoms with Gasteiger partial charge in [-0.15, -0.1) is 0 Å². The van der Waals surface area contributed by atoms with Gasteiger partial charge in [0.25, 0.3) is 0 Å². The fourth-order valence-electron chi connectivity index (χ4n) is 3.46. The van der Waals surface area contributed by atoms with Gasteiger partial charge in [0, 0.05) is 18.4 Å². The lowest BCUT2D eigenvalue weighted by Gasteiger charge is -2.16. The second-order valence-corrected chi connectivity index (χ2v) is 6.96. The van der Waals surface area contributed by atoms with Crippen molar-refractivity contribution in [3.63, 3.8) is 0 Å². The van der Waals surface area contributed by atoms with E-state index in [1.165, 1.54) is 24.0 Å². The molecule has 0 unspecified atom stereocenters. The second-order valence-electron chi connectivity index (χ2n) is 6.96. The predicted molar refractivity (Wildman–Crippen MR) is 108 cm³/mol. The Kier molecular flexibility index (Phi) is 7.06.